The molecule has 0 unspecified atom stereocenters. The molecule has 112 valence electrons. The highest BCUT2D eigenvalue weighted by Crippen LogP contribution is 2.02. The van der Waals surface area contributed by atoms with E-state index in [9.17, 15) is 13.2 Å². The topological polar surface area (TPSA) is 72.5 Å². The van der Waals surface area contributed by atoms with Crippen LogP contribution in [0.5, 0.6) is 0 Å². The van der Waals surface area contributed by atoms with E-state index in [0.717, 1.165) is 11.8 Å². The third-order valence-corrected chi connectivity index (χ3v) is 3.40. The number of nitrogens with one attached hydrogen (secondary N) is 1. The van der Waals surface area contributed by atoms with Gasteiger partial charge in [0.15, 0.2) is 0 Å². The normalized spacial score (nSPS) is 13.1. The van der Waals surface area contributed by atoms with E-state index in [-0.39, 0.29) is 18.4 Å². The number of carbonyl (C=O) groups is 1. The molecule has 0 aliphatic heterocycles. The van der Waals surface area contributed by atoms with Gasteiger partial charge >= 0.3 is 0 Å². The van der Waals surface area contributed by atoms with Gasteiger partial charge in [-0.15, -0.1) is 0 Å². The summed E-state index contributed by atoms with van der Waals surface area (Å²) >= 11 is 0. The number of hydrogen-bond donors (Lipinski definition) is 1. The quantitative estimate of drug-likeness (QED) is 0.552. The molecule has 1 N–H and O–H groups in total. The van der Waals surface area contributed by atoms with Crippen LogP contribution >= 0.6 is 0 Å². The van der Waals surface area contributed by atoms with Crippen LogP contribution < -0.4 is 5.32 Å². The van der Waals surface area contributed by atoms with Gasteiger partial charge in [-0.25, -0.2) is 0 Å². The Morgan fingerprint density at radius 3 is 2.55 bits per heavy atom. The van der Waals surface area contributed by atoms with Gasteiger partial charge in [0.25, 0.3) is 10.1 Å². The summed E-state index contributed by atoms with van der Waals surface area (Å²) in [7, 11) is -3.42. The maximum absolute atomic E-state index is 11.8. The van der Waals surface area contributed by atoms with E-state index in [2.05, 4.69) is 9.50 Å². The average molecular weight is 299 g/mol. The van der Waals surface area contributed by atoms with Gasteiger partial charge in [0.1, 0.15) is 5.78 Å². The minimum absolute atomic E-state index is 0.0516. The standard InChI is InChI=1S/C14H21NO4S/c1-12(15-11-13-7-4-3-5-8-13)14(16)9-6-10-19-20(2,17)18/h3-5,7-8,12,15H,6,9-11H2,1-2H3/t12-/m0/s1. The fraction of sp³-hybridized carbons (Fsp3) is 0.500. The zero-order valence-corrected chi connectivity index (χ0v) is 12.7. The van der Waals surface area contributed by atoms with Gasteiger partial charge in [0.2, 0.25) is 0 Å². The molecular weight excluding hydrogens is 278 g/mol. The molecule has 0 bridgehead atoms. The third-order valence-electron chi connectivity index (χ3n) is 2.80. The van der Waals surface area contributed by atoms with E-state index in [1.54, 1.807) is 0 Å². The van der Waals surface area contributed by atoms with Gasteiger partial charge in [0, 0.05) is 13.0 Å². The molecule has 0 aliphatic carbocycles. The molecule has 0 amide bonds. The number of ketones is 1. The Hall–Kier alpha value is -1.24. The van der Waals surface area contributed by atoms with Crippen LogP contribution in [0.15, 0.2) is 30.3 Å². The predicted molar refractivity (Wildman–Crippen MR) is 77.8 cm³/mol. The predicted octanol–water partition coefficient (Wildman–Crippen LogP) is 1.49. The van der Waals surface area contributed by atoms with E-state index in [4.69, 9.17) is 0 Å². The summed E-state index contributed by atoms with van der Waals surface area (Å²) in [4.78, 5) is 11.8. The fourth-order valence-corrected chi connectivity index (χ4v) is 2.07. The fourth-order valence-electron chi connectivity index (χ4n) is 1.65. The van der Waals surface area contributed by atoms with Crippen molar-refractivity contribution in [2.45, 2.75) is 32.4 Å². The maximum atomic E-state index is 11.8. The van der Waals surface area contributed by atoms with Gasteiger partial charge < -0.3 is 5.32 Å². The van der Waals surface area contributed by atoms with Crippen molar-refractivity contribution in [3.05, 3.63) is 35.9 Å². The Labute approximate surface area is 120 Å². The van der Waals surface area contributed by atoms with E-state index < -0.39 is 10.1 Å². The van der Waals surface area contributed by atoms with E-state index >= 15 is 0 Å². The van der Waals surface area contributed by atoms with Crippen molar-refractivity contribution >= 4 is 15.9 Å². The van der Waals surface area contributed by atoms with Crippen molar-refractivity contribution < 1.29 is 17.4 Å². The molecule has 0 fully saturated rings. The summed E-state index contributed by atoms with van der Waals surface area (Å²) in [5, 5.41) is 3.15. The summed E-state index contributed by atoms with van der Waals surface area (Å²) in [6.07, 6.45) is 1.71. The van der Waals surface area contributed by atoms with Crippen molar-refractivity contribution in [1.29, 1.82) is 0 Å². The first-order valence-electron chi connectivity index (χ1n) is 6.53. The van der Waals surface area contributed by atoms with E-state index in [0.29, 0.717) is 19.4 Å². The van der Waals surface area contributed by atoms with E-state index in [1.165, 1.54) is 0 Å². The first-order chi connectivity index (χ1) is 9.38. The lowest BCUT2D eigenvalue weighted by Gasteiger charge is -2.12. The number of Topliss-reactive ketones (excluding diaryl/α,β-unsaturated/α-hetero) is 1. The highest BCUT2D eigenvalue weighted by Gasteiger charge is 2.12. The van der Waals surface area contributed by atoms with Gasteiger partial charge in [-0.2, -0.15) is 8.42 Å². The third kappa shape index (κ3) is 7.37. The van der Waals surface area contributed by atoms with Crippen molar-refractivity contribution in [3.8, 4) is 0 Å². The molecule has 1 atom stereocenters. The molecule has 5 nitrogen and oxygen atoms in total. The first kappa shape index (κ1) is 16.8. The molecule has 1 aromatic rings. The lowest BCUT2D eigenvalue weighted by atomic mass is 10.1. The monoisotopic (exact) mass is 299 g/mol. The number of carbonyl (C=O) groups excluding carboxylic acids is 1. The zero-order valence-electron chi connectivity index (χ0n) is 11.8. The Morgan fingerprint density at radius 2 is 1.95 bits per heavy atom. The van der Waals surface area contributed by atoms with Gasteiger partial charge in [0.05, 0.1) is 18.9 Å². The van der Waals surface area contributed by atoms with Crippen LogP contribution in [-0.4, -0.2) is 33.1 Å². The Morgan fingerprint density at radius 1 is 1.30 bits per heavy atom. The molecule has 1 aromatic carbocycles. The maximum Gasteiger partial charge on any atom is 0.264 e. The van der Waals surface area contributed by atoms with Gasteiger partial charge in [-0.3, -0.25) is 8.98 Å². The molecule has 1 rings (SSSR count). The molecule has 0 aliphatic rings. The first-order valence-corrected chi connectivity index (χ1v) is 8.34. The Kier molecular flexibility index (Phi) is 6.84. The molecule has 0 radical (unpaired) electrons. The zero-order chi connectivity index (χ0) is 15.0. The minimum atomic E-state index is -3.42. The van der Waals surface area contributed by atoms with Crippen molar-refractivity contribution in [1.82, 2.24) is 5.32 Å². The van der Waals surface area contributed by atoms with Crippen molar-refractivity contribution in [2.24, 2.45) is 0 Å². The number of benzene rings is 1. The van der Waals surface area contributed by atoms with E-state index in [1.807, 2.05) is 37.3 Å². The van der Waals surface area contributed by atoms with Gasteiger partial charge in [-0.1, -0.05) is 30.3 Å². The van der Waals surface area contributed by atoms with Crippen molar-refractivity contribution in [2.75, 3.05) is 12.9 Å². The molecular formula is C14H21NO4S. The van der Waals surface area contributed by atoms with Crippen LogP contribution in [0.2, 0.25) is 0 Å². The van der Waals surface area contributed by atoms with Crippen LogP contribution in [-0.2, 0) is 25.6 Å². The summed E-state index contributed by atoms with van der Waals surface area (Å²) < 4.78 is 26.1. The van der Waals surface area contributed by atoms with Crippen LogP contribution in [0.25, 0.3) is 0 Å². The second kappa shape index (κ2) is 8.14. The highest BCUT2D eigenvalue weighted by molar-refractivity contribution is 7.85. The number of rotatable bonds is 9. The lowest BCUT2D eigenvalue weighted by Crippen LogP contribution is -2.33. The van der Waals surface area contributed by atoms with Gasteiger partial charge in [-0.05, 0) is 18.9 Å². The number of hydrogen-bond acceptors (Lipinski definition) is 5. The second-order valence-corrected chi connectivity index (χ2v) is 6.33. The molecule has 0 heterocycles. The largest absolute Gasteiger partial charge is 0.304 e. The minimum Gasteiger partial charge on any atom is -0.304 e. The summed E-state index contributed by atoms with van der Waals surface area (Å²) in [5.41, 5.74) is 1.12. The summed E-state index contributed by atoms with van der Waals surface area (Å²) in [6.45, 7) is 2.49. The van der Waals surface area contributed by atoms with Crippen LogP contribution in [0.3, 0.4) is 0 Å². The summed E-state index contributed by atoms with van der Waals surface area (Å²) in [5.74, 6) is 0.0537. The second-order valence-electron chi connectivity index (χ2n) is 4.68. The lowest BCUT2D eigenvalue weighted by molar-refractivity contribution is -0.120. The summed E-state index contributed by atoms with van der Waals surface area (Å²) in [6, 6.07) is 9.57. The molecule has 0 saturated carbocycles. The molecule has 0 saturated heterocycles. The van der Waals surface area contributed by atoms with Crippen molar-refractivity contribution in [3.63, 3.8) is 0 Å². The average Bonchev–Trinajstić information content (AvgIpc) is 2.40. The van der Waals surface area contributed by atoms with Crippen LogP contribution in [0.4, 0.5) is 0 Å². The SMILES string of the molecule is C[C@H](NCc1ccccc1)C(=O)CCCOS(C)(=O)=O. The van der Waals surface area contributed by atoms with Crippen LogP contribution in [0.1, 0.15) is 25.3 Å². The smallest absolute Gasteiger partial charge is 0.264 e. The Balaban J connectivity index is 2.22. The molecule has 20 heavy (non-hydrogen) atoms. The highest BCUT2D eigenvalue weighted by atomic mass is 32.2. The molecule has 6 heteroatoms. The Bertz CT molecular complexity index is 513. The van der Waals surface area contributed by atoms with Crippen LogP contribution in [0, 0.1) is 0 Å². The molecule has 0 aromatic heterocycles. The molecule has 0 spiro atoms.